The Bertz CT molecular complexity index is 1010. The standard InChI is InChI=1S/C24H28F4N4O3/c25-21-22(29-12-16-3-1-15(2-4-16)11-20(33)34)30-14-31-23(21)32-9-10-35-13-19(32)17-5-7-18(8-6-17)24(26,27)28/h5-8,14-16,19H,1-4,9-13H2,(H,33,34)(H,29,30,31). The molecule has 2 fully saturated rings. The molecule has 0 radical (unpaired) electrons. The number of benzene rings is 1. The number of nitrogens with zero attached hydrogens (tertiary/aromatic N) is 3. The fourth-order valence-corrected chi connectivity index (χ4v) is 4.84. The molecule has 0 amide bonds. The number of halogens is 4. The van der Waals surface area contributed by atoms with Crippen LogP contribution >= 0.6 is 0 Å². The van der Waals surface area contributed by atoms with Gasteiger partial charge in [-0.1, -0.05) is 12.1 Å². The Balaban J connectivity index is 1.44. The van der Waals surface area contributed by atoms with Gasteiger partial charge in [0, 0.05) is 19.5 Å². The molecule has 1 saturated heterocycles. The molecule has 1 aromatic carbocycles. The Kier molecular flexibility index (Phi) is 7.73. The molecule has 1 aliphatic heterocycles. The minimum atomic E-state index is -4.43. The second-order valence-electron chi connectivity index (χ2n) is 9.13. The van der Waals surface area contributed by atoms with Gasteiger partial charge < -0.3 is 20.1 Å². The molecule has 190 valence electrons. The molecular formula is C24H28F4N4O3. The summed E-state index contributed by atoms with van der Waals surface area (Å²) in [4.78, 5) is 20.8. The zero-order chi connectivity index (χ0) is 25.0. The van der Waals surface area contributed by atoms with Gasteiger partial charge in [0.25, 0.3) is 0 Å². The number of alkyl halides is 3. The average Bonchev–Trinajstić information content (AvgIpc) is 2.84. The van der Waals surface area contributed by atoms with Crippen LogP contribution in [0.1, 0.15) is 49.3 Å². The topological polar surface area (TPSA) is 87.6 Å². The van der Waals surface area contributed by atoms with Gasteiger partial charge in [0.15, 0.2) is 11.6 Å². The number of anilines is 2. The number of carbonyl (C=O) groups is 1. The van der Waals surface area contributed by atoms with Crippen LogP contribution in [-0.4, -0.2) is 47.3 Å². The summed E-state index contributed by atoms with van der Waals surface area (Å²) in [5, 5.41) is 12.0. The second kappa shape index (κ2) is 10.8. The highest BCUT2D eigenvalue weighted by Crippen LogP contribution is 2.35. The van der Waals surface area contributed by atoms with E-state index in [9.17, 15) is 18.0 Å². The van der Waals surface area contributed by atoms with Crippen LogP contribution in [0.4, 0.5) is 29.2 Å². The van der Waals surface area contributed by atoms with E-state index in [2.05, 4.69) is 15.3 Å². The Morgan fingerprint density at radius 1 is 1.11 bits per heavy atom. The van der Waals surface area contributed by atoms with Crippen molar-refractivity contribution in [3.8, 4) is 0 Å². The number of morpholine rings is 1. The molecule has 2 N–H and O–H groups in total. The number of hydrogen-bond donors (Lipinski definition) is 2. The molecule has 4 rings (SSSR count). The maximum Gasteiger partial charge on any atom is 0.416 e. The molecule has 35 heavy (non-hydrogen) atoms. The second-order valence-corrected chi connectivity index (χ2v) is 9.13. The quantitative estimate of drug-likeness (QED) is 0.527. The van der Waals surface area contributed by atoms with Crippen molar-refractivity contribution in [1.29, 1.82) is 0 Å². The van der Waals surface area contributed by atoms with E-state index in [1.54, 1.807) is 4.90 Å². The van der Waals surface area contributed by atoms with Gasteiger partial charge in [-0.2, -0.15) is 17.6 Å². The zero-order valence-electron chi connectivity index (χ0n) is 19.1. The van der Waals surface area contributed by atoms with Crippen molar-refractivity contribution in [1.82, 2.24) is 9.97 Å². The predicted octanol–water partition coefficient (Wildman–Crippen LogP) is 4.91. The first-order chi connectivity index (χ1) is 16.7. The molecule has 1 saturated carbocycles. The van der Waals surface area contributed by atoms with Crippen LogP contribution in [-0.2, 0) is 15.7 Å². The van der Waals surface area contributed by atoms with Crippen molar-refractivity contribution in [2.24, 2.45) is 11.8 Å². The van der Waals surface area contributed by atoms with Crippen molar-refractivity contribution >= 4 is 17.6 Å². The van der Waals surface area contributed by atoms with Crippen molar-refractivity contribution in [3.63, 3.8) is 0 Å². The lowest BCUT2D eigenvalue weighted by molar-refractivity contribution is -0.139. The summed E-state index contributed by atoms with van der Waals surface area (Å²) in [6.45, 7) is 1.37. The van der Waals surface area contributed by atoms with Crippen molar-refractivity contribution in [3.05, 3.63) is 47.5 Å². The van der Waals surface area contributed by atoms with Crippen molar-refractivity contribution in [2.45, 2.75) is 44.3 Å². The highest BCUT2D eigenvalue weighted by atomic mass is 19.4. The average molecular weight is 497 g/mol. The summed E-state index contributed by atoms with van der Waals surface area (Å²) < 4.78 is 59.8. The van der Waals surface area contributed by atoms with Crippen LogP contribution in [0.15, 0.2) is 30.6 Å². The summed E-state index contributed by atoms with van der Waals surface area (Å²) >= 11 is 0. The van der Waals surface area contributed by atoms with Gasteiger partial charge in [0.2, 0.25) is 5.82 Å². The summed E-state index contributed by atoms with van der Waals surface area (Å²) in [5.41, 5.74) is -0.176. The van der Waals surface area contributed by atoms with E-state index in [1.807, 2.05) is 0 Å². The van der Waals surface area contributed by atoms with Crippen LogP contribution in [0.5, 0.6) is 0 Å². The number of nitrogens with one attached hydrogen (secondary N) is 1. The Morgan fingerprint density at radius 3 is 2.46 bits per heavy atom. The lowest BCUT2D eigenvalue weighted by Gasteiger charge is -2.37. The predicted molar refractivity (Wildman–Crippen MR) is 121 cm³/mol. The van der Waals surface area contributed by atoms with Gasteiger partial charge in [-0.25, -0.2) is 9.97 Å². The number of carboxylic acids is 1. The van der Waals surface area contributed by atoms with Gasteiger partial charge in [0.05, 0.1) is 24.8 Å². The summed E-state index contributed by atoms with van der Waals surface area (Å²) in [6, 6.07) is 4.29. The fraction of sp³-hybridized carbons (Fsp3) is 0.542. The molecular weight excluding hydrogens is 468 g/mol. The van der Waals surface area contributed by atoms with Crippen molar-refractivity contribution < 1.29 is 32.2 Å². The fourth-order valence-electron chi connectivity index (χ4n) is 4.84. The van der Waals surface area contributed by atoms with E-state index in [1.165, 1.54) is 18.5 Å². The molecule has 2 aliphatic rings. The van der Waals surface area contributed by atoms with Crippen LogP contribution in [0.25, 0.3) is 0 Å². The largest absolute Gasteiger partial charge is 0.481 e. The third-order valence-corrected chi connectivity index (χ3v) is 6.78. The number of aliphatic carboxylic acids is 1. The van der Waals surface area contributed by atoms with Gasteiger partial charge >= 0.3 is 12.1 Å². The third-order valence-electron chi connectivity index (χ3n) is 6.78. The molecule has 0 bridgehead atoms. The van der Waals surface area contributed by atoms with Crippen LogP contribution in [0, 0.1) is 17.7 Å². The smallest absolute Gasteiger partial charge is 0.416 e. The molecule has 2 heterocycles. The maximum atomic E-state index is 15.4. The number of hydrogen-bond acceptors (Lipinski definition) is 6. The zero-order valence-corrected chi connectivity index (χ0v) is 19.1. The SMILES string of the molecule is O=C(O)CC1CCC(CNc2ncnc(N3CCOCC3c3ccc(C(F)(F)F)cc3)c2F)CC1. The van der Waals surface area contributed by atoms with Crippen LogP contribution < -0.4 is 10.2 Å². The molecule has 1 aliphatic carbocycles. The van der Waals surface area contributed by atoms with E-state index < -0.39 is 29.6 Å². The highest BCUT2D eigenvalue weighted by molar-refractivity contribution is 5.67. The lowest BCUT2D eigenvalue weighted by atomic mass is 9.80. The van der Waals surface area contributed by atoms with E-state index >= 15 is 4.39 Å². The van der Waals surface area contributed by atoms with Gasteiger partial charge in [-0.3, -0.25) is 4.79 Å². The molecule has 7 nitrogen and oxygen atoms in total. The molecule has 1 atom stereocenters. The van der Waals surface area contributed by atoms with Gasteiger partial charge in [-0.15, -0.1) is 0 Å². The molecule has 11 heteroatoms. The maximum absolute atomic E-state index is 15.4. The van der Waals surface area contributed by atoms with Gasteiger partial charge in [0.1, 0.15) is 6.33 Å². The number of rotatable bonds is 7. The minimum Gasteiger partial charge on any atom is -0.481 e. The van der Waals surface area contributed by atoms with E-state index in [-0.39, 0.29) is 30.6 Å². The molecule has 1 unspecified atom stereocenters. The summed E-state index contributed by atoms with van der Waals surface area (Å²) in [5.74, 6) is -0.775. The Labute approximate surface area is 200 Å². The van der Waals surface area contributed by atoms with Crippen LogP contribution in [0.3, 0.4) is 0 Å². The van der Waals surface area contributed by atoms with Gasteiger partial charge in [-0.05, 0) is 55.2 Å². The monoisotopic (exact) mass is 496 g/mol. The first-order valence-electron chi connectivity index (χ1n) is 11.7. The van der Waals surface area contributed by atoms with Crippen LogP contribution in [0.2, 0.25) is 0 Å². The summed E-state index contributed by atoms with van der Waals surface area (Å²) in [6.07, 6.45) is 0.412. The normalized spacial score (nSPS) is 23.2. The van der Waals surface area contributed by atoms with E-state index in [0.717, 1.165) is 37.8 Å². The molecule has 0 spiro atoms. The molecule has 1 aromatic heterocycles. The highest BCUT2D eigenvalue weighted by Gasteiger charge is 2.33. The first kappa shape index (κ1) is 25.2. The van der Waals surface area contributed by atoms with E-state index in [0.29, 0.717) is 31.2 Å². The number of carboxylic acid groups (broad SMARTS) is 1. The summed E-state index contributed by atoms with van der Waals surface area (Å²) in [7, 11) is 0. The Morgan fingerprint density at radius 2 is 1.80 bits per heavy atom. The third kappa shape index (κ3) is 6.19. The first-order valence-corrected chi connectivity index (χ1v) is 11.7. The van der Waals surface area contributed by atoms with E-state index in [4.69, 9.17) is 9.84 Å². The Hall–Kier alpha value is -2.95. The van der Waals surface area contributed by atoms with Crippen molar-refractivity contribution in [2.75, 3.05) is 36.5 Å². The number of ether oxygens (including phenoxy) is 1. The number of aromatic nitrogens is 2. The lowest BCUT2D eigenvalue weighted by Crippen LogP contribution is -2.40. The molecule has 2 aromatic rings. The minimum absolute atomic E-state index is 0.0697.